The second-order valence-electron chi connectivity index (χ2n) is 4.29. The van der Waals surface area contributed by atoms with E-state index in [-0.39, 0.29) is 19.1 Å². The number of rotatable bonds is 4. The molecule has 2 fully saturated rings. The van der Waals surface area contributed by atoms with Crippen LogP contribution >= 0.6 is 0 Å². The summed E-state index contributed by atoms with van der Waals surface area (Å²) in [6.45, 7) is 0.504. The molecule has 2 unspecified atom stereocenters. The molecule has 3 amide bonds. The molecule has 108 valence electrons. The molecule has 0 aliphatic carbocycles. The summed E-state index contributed by atoms with van der Waals surface area (Å²) in [6, 6.07) is -1.14. The second kappa shape index (κ2) is 4.92. The number of carbonyl (C=O) groups excluding carboxylic acids is 2. The van der Waals surface area contributed by atoms with Crippen LogP contribution in [0.1, 0.15) is 0 Å². The minimum Gasteiger partial charge on any atom is -0.375 e. The van der Waals surface area contributed by atoms with Crippen molar-refractivity contribution in [2.45, 2.75) is 12.3 Å². The van der Waals surface area contributed by atoms with Crippen molar-refractivity contribution in [3.63, 3.8) is 0 Å². The van der Waals surface area contributed by atoms with Gasteiger partial charge in [0.15, 0.2) is 0 Å². The van der Waals surface area contributed by atoms with E-state index >= 15 is 0 Å². The Labute approximate surface area is 109 Å². The van der Waals surface area contributed by atoms with Crippen LogP contribution in [0.5, 0.6) is 0 Å². The van der Waals surface area contributed by atoms with E-state index < -0.39 is 28.5 Å². The van der Waals surface area contributed by atoms with E-state index in [1.54, 1.807) is 0 Å². The third kappa shape index (κ3) is 2.94. The van der Waals surface area contributed by atoms with Crippen LogP contribution in [0.15, 0.2) is 0 Å². The average molecular weight is 294 g/mol. The van der Waals surface area contributed by atoms with Crippen molar-refractivity contribution in [3.8, 4) is 0 Å². The maximum atomic E-state index is 11.6. The van der Waals surface area contributed by atoms with Gasteiger partial charge in [0, 0.05) is 19.6 Å². The van der Waals surface area contributed by atoms with Crippen molar-refractivity contribution in [2.24, 2.45) is 0 Å². The third-order valence-corrected chi connectivity index (χ3v) is 3.91. The lowest BCUT2D eigenvalue weighted by Gasteiger charge is -2.41. The monoisotopic (exact) mass is 294 g/mol. The summed E-state index contributed by atoms with van der Waals surface area (Å²) in [6.07, 6.45) is -1.49. The van der Waals surface area contributed by atoms with Gasteiger partial charge in [-0.1, -0.05) is 0 Å². The quantitative estimate of drug-likeness (QED) is 0.406. The standard InChI is InChI=1S/C8H14N4O6S/c13-6(4-11-2-1-9-8(11)15)10-5-3-12(7(5)14)19(16,17)18/h5,7,14H,1-4H2,(H,9,15)(H,10,13)(H,16,17,18). The summed E-state index contributed by atoms with van der Waals surface area (Å²) in [7, 11) is -4.46. The maximum Gasteiger partial charge on any atom is 0.338 e. The predicted octanol–water partition coefficient (Wildman–Crippen LogP) is -3.07. The molecule has 19 heavy (non-hydrogen) atoms. The molecule has 2 aliphatic heterocycles. The normalized spacial score (nSPS) is 27.9. The van der Waals surface area contributed by atoms with E-state index in [0.29, 0.717) is 17.4 Å². The molecule has 0 aromatic heterocycles. The summed E-state index contributed by atoms with van der Waals surface area (Å²) in [4.78, 5) is 24.1. The summed E-state index contributed by atoms with van der Waals surface area (Å²) < 4.78 is 30.6. The van der Waals surface area contributed by atoms with Gasteiger partial charge in [-0.3, -0.25) is 9.35 Å². The van der Waals surface area contributed by atoms with Gasteiger partial charge in [0.05, 0.1) is 6.04 Å². The Morgan fingerprint density at radius 1 is 1.53 bits per heavy atom. The molecule has 2 aliphatic rings. The molecular weight excluding hydrogens is 280 g/mol. The Hall–Kier alpha value is -1.43. The van der Waals surface area contributed by atoms with Gasteiger partial charge in [-0.2, -0.15) is 8.42 Å². The van der Waals surface area contributed by atoms with Crippen LogP contribution in [0, 0.1) is 0 Å². The smallest absolute Gasteiger partial charge is 0.338 e. The molecule has 4 N–H and O–H groups in total. The first-order valence-corrected chi connectivity index (χ1v) is 6.93. The molecule has 11 heteroatoms. The van der Waals surface area contributed by atoms with E-state index in [1.165, 1.54) is 4.90 Å². The fourth-order valence-electron chi connectivity index (χ4n) is 1.90. The van der Waals surface area contributed by atoms with Crippen LogP contribution in [-0.4, -0.2) is 77.7 Å². The van der Waals surface area contributed by atoms with E-state index in [9.17, 15) is 23.1 Å². The second-order valence-corrected chi connectivity index (χ2v) is 5.65. The highest BCUT2D eigenvalue weighted by atomic mass is 32.2. The lowest BCUT2D eigenvalue weighted by Crippen LogP contribution is -2.68. The van der Waals surface area contributed by atoms with E-state index in [4.69, 9.17) is 4.55 Å². The number of hydrogen-bond acceptors (Lipinski definition) is 5. The SMILES string of the molecule is O=C(CN1CCNC1=O)NC1CN(S(=O)(=O)O)C1O. The zero-order chi connectivity index (χ0) is 14.2. The van der Waals surface area contributed by atoms with Gasteiger partial charge in [-0.05, 0) is 0 Å². The number of amides is 3. The van der Waals surface area contributed by atoms with Gasteiger partial charge in [0.2, 0.25) is 5.91 Å². The molecule has 2 atom stereocenters. The molecule has 2 saturated heterocycles. The first-order chi connectivity index (χ1) is 8.79. The fourth-order valence-corrected chi connectivity index (χ4v) is 2.67. The van der Waals surface area contributed by atoms with Crippen molar-refractivity contribution in [2.75, 3.05) is 26.2 Å². The van der Waals surface area contributed by atoms with Gasteiger partial charge in [0.1, 0.15) is 12.8 Å². The van der Waals surface area contributed by atoms with Crippen LogP contribution in [0.3, 0.4) is 0 Å². The van der Waals surface area contributed by atoms with Crippen molar-refractivity contribution >= 4 is 22.2 Å². The Morgan fingerprint density at radius 3 is 2.68 bits per heavy atom. The minimum atomic E-state index is -4.46. The van der Waals surface area contributed by atoms with Crippen LogP contribution in [0.4, 0.5) is 4.79 Å². The number of aliphatic hydroxyl groups is 1. The molecule has 0 bridgehead atoms. The van der Waals surface area contributed by atoms with Gasteiger partial charge in [-0.15, -0.1) is 4.31 Å². The molecule has 0 saturated carbocycles. The number of nitrogens with zero attached hydrogens (tertiary/aromatic N) is 2. The topological polar surface area (TPSA) is 139 Å². The van der Waals surface area contributed by atoms with Crippen LogP contribution in [0.2, 0.25) is 0 Å². The van der Waals surface area contributed by atoms with Gasteiger partial charge >= 0.3 is 16.3 Å². The van der Waals surface area contributed by atoms with Gasteiger partial charge < -0.3 is 20.6 Å². The van der Waals surface area contributed by atoms with Crippen LogP contribution in [0.25, 0.3) is 0 Å². The molecular formula is C8H14N4O6S. The molecule has 0 aromatic carbocycles. The number of urea groups is 1. The Kier molecular flexibility index (Phi) is 3.62. The zero-order valence-electron chi connectivity index (χ0n) is 9.81. The van der Waals surface area contributed by atoms with E-state index in [2.05, 4.69) is 10.6 Å². The summed E-state index contributed by atoms with van der Waals surface area (Å²) in [5, 5.41) is 14.4. The minimum absolute atomic E-state index is 0.166. The van der Waals surface area contributed by atoms with Gasteiger partial charge in [0.25, 0.3) is 0 Å². The van der Waals surface area contributed by atoms with Crippen LogP contribution in [-0.2, 0) is 15.1 Å². The lowest BCUT2D eigenvalue weighted by molar-refractivity contribution is -0.128. The molecule has 0 radical (unpaired) electrons. The molecule has 2 heterocycles. The number of hydrogen-bond donors (Lipinski definition) is 4. The highest BCUT2D eigenvalue weighted by Gasteiger charge is 2.45. The van der Waals surface area contributed by atoms with Crippen molar-refractivity contribution in [1.82, 2.24) is 19.8 Å². The summed E-state index contributed by atoms with van der Waals surface area (Å²) in [5.74, 6) is -0.504. The summed E-state index contributed by atoms with van der Waals surface area (Å²) in [5.41, 5.74) is 0. The zero-order valence-corrected chi connectivity index (χ0v) is 10.6. The van der Waals surface area contributed by atoms with Crippen molar-refractivity contribution in [3.05, 3.63) is 0 Å². The average Bonchev–Trinajstić information content (AvgIpc) is 2.67. The largest absolute Gasteiger partial charge is 0.375 e. The molecule has 0 spiro atoms. The molecule has 0 aromatic rings. The number of nitrogens with one attached hydrogen (secondary N) is 2. The van der Waals surface area contributed by atoms with Crippen LogP contribution < -0.4 is 10.6 Å². The van der Waals surface area contributed by atoms with Gasteiger partial charge in [-0.25, -0.2) is 4.79 Å². The first-order valence-electron chi connectivity index (χ1n) is 5.53. The van der Waals surface area contributed by atoms with Crippen molar-refractivity contribution in [1.29, 1.82) is 0 Å². The Morgan fingerprint density at radius 2 is 2.21 bits per heavy atom. The Bertz CT molecular complexity index is 493. The summed E-state index contributed by atoms with van der Waals surface area (Å²) >= 11 is 0. The number of aliphatic hydroxyl groups excluding tert-OH is 1. The lowest BCUT2D eigenvalue weighted by atomic mass is 10.1. The molecule has 2 rings (SSSR count). The van der Waals surface area contributed by atoms with E-state index in [1.807, 2.05) is 0 Å². The fraction of sp³-hybridized carbons (Fsp3) is 0.750. The molecule has 10 nitrogen and oxygen atoms in total. The van der Waals surface area contributed by atoms with E-state index in [0.717, 1.165) is 0 Å². The third-order valence-electron chi connectivity index (χ3n) is 2.95. The Balaban J connectivity index is 1.80. The first kappa shape index (κ1) is 14.0. The highest BCUT2D eigenvalue weighted by molar-refractivity contribution is 7.83. The predicted molar refractivity (Wildman–Crippen MR) is 61.2 cm³/mol. The van der Waals surface area contributed by atoms with Crippen molar-refractivity contribution < 1.29 is 27.7 Å². The highest BCUT2D eigenvalue weighted by Crippen LogP contribution is 2.18. The maximum absolute atomic E-state index is 11.6. The number of carbonyl (C=O) groups is 2.